The van der Waals surface area contributed by atoms with Crippen LogP contribution >= 0.6 is 0 Å². The zero-order valence-corrected chi connectivity index (χ0v) is 13.4. The SMILES string of the molecule is COc1ccccc1CNC(c1ccccc1)C(C)(C)C. The Morgan fingerprint density at radius 3 is 2.19 bits per heavy atom. The molecule has 2 aromatic carbocycles. The predicted octanol–water partition coefficient (Wildman–Crippen LogP) is 4.57. The highest BCUT2D eigenvalue weighted by atomic mass is 16.5. The second-order valence-electron chi connectivity index (χ2n) is 6.40. The van der Waals surface area contributed by atoms with E-state index in [2.05, 4.69) is 62.5 Å². The summed E-state index contributed by atoms with van der Waals surface area (Å²) in [5.74, 6) is 0.936. The summed E-state index contributed by atoms with van der Waals surface area (Å²) in [6.07, 6.45) is 0. The minimum absolute atomic E-state index is 0.142. The fraction of sp³-hybridized carbons (Fsp3) is 0.368. The number of para-hydroxylation sites is 1. The van der Waals surface area contributed by atoms with Crippen LogP contribution in [0.15, 0.2) is 54.6 Å². The smallest absolute Gasteiger partial charge is 0.123 e. The fourth-order valence-electron chi connectivity index (χ4n) is 2.63. The summed E-state index contributed by atoms with van der Waals surface area (Å²) in [6, 6.07) is 19.1. The summed E-state index contributed by atoms with van der Waals surface area (Å²) in [4.78, 5) is 0. The predicted molar refractivity (Wildman–Crippen MR) is 88.5 cm³/mol. The topological polar surface area (TPSA) is 21.3 Å². The van der Waals surface area contributed by atoms with E-state index in [1.807, 2.05) is 18.2 Å². The third kappa shape index (κ3) is 4.08. The third-order valence-corrected chi connectivity index (χ3v) is 3.69. The van der Waals surface area contributed by atoms with E-state index in [1.165, 1.54) is 11.1 Å². The van der Waals surface area contributed by atoms with Crippen LogP contribution in [-0.2, 0) is 6.54 Å². The van der Waals surface area contributed by atoms with Crippen molar-refractivity contribution in [3.63, 3.8) is 0 Å². The van der Waals surface area contributed by atoms with Gasteiger partial charge in [0.1, 0.15) is 5.75 Å². The van der Waals surface area contributed by atoms with Crippen LogP contribution in [0.4, 0.5) is 0 Å². The van der Waals surface area contributed by atoms with Crippen LogP contribution < -0.4 is 10.1 Å². The number of rotatable bonds is 5. The molecule has 1 N–H and O–H groups in total. The number of methoxy groups -OCH3 is 1. The molecule has 2 heteroatoms. The normalized spacial score (nSPS) is 13.0. The number of nitrogens with one attached hydrogen (secondary N) is 1. The van der Waals surface area contributed by atoms with Crippen LogP contribution in [0.5, 0.6) is 5.75 Å². The van der Waals surface area contributed by atoms with Gasteiger partial charge in [-0.1, -0.05) is 69.3 Å². The lowest BCUT2D eigenvalue weighted by molar-refractivity contribution is 0.269. The molecule has 0 radical (unpaired) electrons. The standard InChI is InChI=1S/C19H25NO/c1-19(2,3)18(15-10-6-5-7-11-15)20-14-16-12-8-9-13-17(16)21-4/h5-13,18,20H,14H2,1-4H3. The molecule has 2 aromatic rings. The Kier molecular flexibility index (Phi) is 5.03. The maximum atomic E-state index is 5.43. The maximum Gasteiger partial charge on any atom is 0.123 e. The quantitative estimate of drug-likeness (QED) is 0.867. The van der Waals surface area contributed by atoms with E-state index in [1.54, 1.807) is 7.11 Å². The van der Waals surface area contributed by atoms with Crippen molar-refractivity contribution >= 4 is 0 Å². The van der Waals surface area contributed by atoms with Gasteiger partial charge in [0.15, 0.2) is 0 Å². The molecule has 0 aliphatic carbocycles. The van der Waals surface area contributed by atoms with Gasteiger partial charge in [-0.25, -0.2) is 0 Å². The number of ether oxygens (including phenoxy) is 1. The monoisotopic (exact) mass is 283 g/mol. The minimum atomic E-state index is 0.142. The van der Waals surface area contributed by atoms with Crippen LogP contribution in [0.3, 0.4) is 0 Å². The van der Waals surface area contributed by atoms with Crippen molar-refractivity contribution in [3.8, 4) is 5.75 Å². The molecule has 1 atom stereocenters. The summed E-state index contributed by atoms with van der Waals surface area (Å²) >= 11 is 0. The van der Waals surface area contributed by atoms with Crippen LogP contribution in [-0.4, -0.2) is 7.11 Å². The minimum Gasteiger partial charge on any atom is -0.496 e. The van der Waals surface area contributed by atoms with Crippen molar-refractivity contribution in [2.75, 3.05) is 7.11 Å². The molecule has 0 saturated carbocycles. The number of hydrogen-bond donors (Lipinski definition) is 1. The third-order valence-electron chi connectivity index (χ3n) is 3.69. The lowest BCUT2D eigenvalue weighted by Gasteiger charge is -2.32. The van der Waals surface area contributed by atoms with Gasteiger partial charge >= 0.3 is 0 Å². The van der Waals surface area contributed by atoms with Crippen LogP contribution in [0.1, 0.15) is 37.9 Å². The van der Waals surface area contributed by atoms with Gasteiger partial charge in [0, 0.05) is 18.2 Å². The molecule has 0 heterocycles. The molecule has 0 saturated heterocycles. The van der Waals surface area contributed by atoms with Crippen molar-refractivity contribution < 1.29 is 4.74 Å². The van der Waals surface area contributed by atoms with Gasteiger partial charge in [-0.05, 0) is 17.0 Å². The zero-order chi connectivity index (χ0) is 15.3. The van der Waals surface area contributed by atoms with E-state index in [4.69, 9.17) is 4.74 Å². The van der Waals surface area contributed by atoms with Gasteiger partial charge in [-0.3, -0.25) is 0 Å². The highest BCUT2D eigenvalue weighted by Gasteiger charge is 2.25. The lowest BCUT2D eigenvalue weighted by atomic mass is 9.82. The first kappa shape index (κ1) is 15.6. The van der Waals surface area contributed by atoms with Gasteiger partial charge in [0.05, 0.1) is 7.11 Å². The Hall–Kier alpha value is -1.80. The summed E-state index contributed by atoms with van der Waals surface area (Å²) in [5.41, 5.74) is 2.65. The molecule has 112 valence electrons. The Morgan fingerprint density at radius 1 is 0.952 bits per heavy atom. The van der Waals surface area contributed by atoms with Crippen LogP contribution in [0.25, 0.3) is 0 Å². The molecule has 2 nitrogen and oxygen atoms in total. The van der Waals surface area contributed by atoms with Crippen molar-refractivity contribution in [2.45, 2.75) is 33.4 Å². The average Bonchev–Trinajstić information content (AvgIpc) is 2.47. The Morgan fingerprint density at radius 2 is 1.57 bits per heavy atom. The first-order valence-corrected chi connectivity index (χ1v) is 7.42. The fourth-order valence-corrected chi connectivity index (χ4v) is 2.63. The lowest BCUT2D eigenvalue weighted by Crippen LogP contribution is -2.32. The molecule has 0 bridgehead atoms. The number of hydrogen-bond acceptors (Lipinski definition) is 2. The molecule has 0 fully saturated rings. The molecule has 0 amide bonds. The molecule has 0 aliphatic rings. The molecular weight excluding hydrogens is 258 g/mol. The zero-order valence-electron chi connectivity index (χ0n) is 13.4. The van der Waals surface area contributed by atoms with Crippen molar-refractivity contribution in [2.24, 2.45) is 5.41 Å². The van der Waals surface area contributed by atoms with Crippen molar-refractivity contribution in [3.05, 3.63) is 65.7 Å². The van der Waals surface area contributed by atoms with Gasteiger partial charge in [-0.2, -0.15) is 0 Å². The summed E-state index contributed by atoms with van der Waals surface area (Å²) in [6.45, 7) is 7.58. The van der Waals surface area contributed by atoms with E-state index in [9.17, 15) is 0 Å². The molecule has 0 aliphatic heterocycles. The highest BCUT2D eigenvalue weighted by Crippen LogP contribution is 2.33. The Balaban J connectivity index is 2.17. The average molecular weight is 283 g/mol. The van der Waals surface area contributed by atoms with E-state index >= 15 is 0 Å². The summed E-state index contributed by atoms with van der Waals surface area (Å²) < 4.78 is 5.43. The summed E-state index contributed by atoms with van der Waals surface area (Å²) in [7, 11) is 1.72. The van der Waals surface area contributed by atoms with Gasteiger partial charge in [0.2, 0.25) is 0 Å². The van der Waals surface area contributed by atoms with E-state index in [0.717, 1.165) is 12.3 Å². The maximum absolute atomic E-state index is 5.43. The van der Waals surface area contributed by atoms with Crippen molar-refractivity contribution in [1.82, 2.24) is 5.32 Å². The first-order chi connectivity index (χ1) is 10.0. The molecule has 2 rings (SSSR count). The highest BCUT2D eigenvalue weighted by molar-refractivity contribution is 5.33. The molecule has 0 aromatic heterocycles. The molecule has 1 unspecified atom stereocenters. The van der Waals surface area contributed by atoms with Gasteiger partial charge in [-0.15, -0.1) is 0 Å². The van der Waals surface area contributed by atoms with Crippen LogP contribution in [0.2, 0.25) is 0 Å². The largest absolute Gasteiger partial charge is 0.496 e. The van der Waals surface area contributed by atoms with Crippen molar-refractivity contribution in [1.29, 1.82) is 0 Å². The van der Waals surface area contributed by atoms with E-state index in [0.29, 0.717) is 6.04 Å². The second kappa shape index (κ2) is 6.77. The second-order valence-corrected chi connectivity index (χ2v) is 6.40. The Labute approximate surface area is 128 Å². The Bertz CT molecular complexity index is 557. The van der Waals surface area contributed by atoms with Gasteiger partial charge in [0.25, 0.3) is 0 Å². The molecular formula is C19H25NO. The molecule has 21 heavy (non-hydrogen) atoms. The first-order valence-electron chi connectivity index (χ1n) is 7.42. The summed E-state index contributed by atoms with van der Waals surface area (Å²) in [5, 5.41) is 3.69. The van der Waals surface area contributed by atoms with E-state index < -0.39 is 0 Å². The number of benzene rings is 2. The molecule has 0 spiro atoms. The van der Waals surface area contributed by atoms with E-state index in [-0.39, 0.29) is 5.41 Å². The van der Waals surface area contributed by atoms with Gasteiger partial charge < -0.3 is 10.1 Å². The van der Waals surface area contributed by atoms with Crippen LogP contribution in [0, 0.1) is 5.41 Å².